The van der Waals surface area contributed by atoms with Crippen molar-refractivity contribution in [2.75, 3.05) is 18.0 Å². The van der Waals surface area contributed by atoms with Crippen LogP contribution in [0, 0.1) is 6.92 Å². The molecule has 1 aromatic carbocycles. The van der Waals surface area contributed by atoms with Crippen LogP contribution >= 0.6 is 11.6 Å². The van der Waals surface area contributed by atoms with Crippen LogP contribution in [0.25, 0.3) is 6.08 Å². The predicted molar refractivity (Wildman–Crippen MR) is 106 cm³/mol. The number of nitrogens with one attached hydrogen (secondary N) is 1. The SMILES string of the molecule is Cc1nc(N2CCC(NC(=O)C=Cc3ccccc3Cl)CC2)cc(C(F)(F)F)n1. The van der Waals surface area contributed by atoms with Crippen LogP contribution in [0.2, 0.25) is 5.02 Å². The molecule has 1 amide bonds. The molecule has 2 heterocycles. The van der Waals surface area contributed by atoms with Crippen molar-refractivity contribution in [3.8, 4) is 0 Å². The molecule has 29 heavy (non-hydrogen) atoms. The average molecular weight is 425 g/mol. The highest BCUT2D eigenvalue weighted by Gasteiger charge is 2.34. The molecule has 0 unspecified atom stereocenters. The molecule has 0 radical (unpaired) electrons. The zero-order chi connectivity index (χ0) is 21.0. The highest BCUT2D eigenvalue weighted by atomic mass is 35.5. The summed E-state index contributed by atoms with van der Waals surface area (Å²) in [6.07, 6.45) is -0.221. The van der Waals surface area contributed by atoms with Crippen molar-refractivity contribution < 1.29 is 18.0 Å². The molecule has 154 valence electrons. The van der Waals surface area contributed by atoms with E-state index in [0.717, 1.165) is 11.6 Å². The third-order valence-corrected chi connectivity index (χ3v) is 4.94. The molecule has 1 fully saturated rings. The second-order valence-electron chi connectivity index (χ2n) is 6.78. The van der Waals surface area contributed by atoms with Gasteiger partial charge in [0.25, 0.3) is 0 Å². The number of piperidine rings is 1. The minimum absolute atomic E-state index is 0.0559. The van der Waals surface area contributed by atoms with Gasteiger partial charge in [-0.15, -0.1) is 0 Å². The molecule has 0 aliphatic carbocycles. The summed E-state index contributed by atoms with van der Waals surface area (Å²) < 4.78 is 38.9. The van der Waals surface area contributed by atoms with E-state index in [9.17, 15) is 18.0 Å². The fraction of sp³-hybridized carbons (Fsp3) is 0.350. The van der Waals surface area contributed by atoms with Crippen LogP contribution in [0.5, 0.6) is 0 Å². The second-order valence-corrected chi connectivity index (χ2v) is 7.19. The third-order valence-electron chi connectivity index (χ3n) is 4.60. The monoisotopic (exact) mass is 424 g/mol. The summed E-state index contributed by atoms with van der Waals surface area (Å²) in [6.45, 7) is 2.43. The van der Waals surface area contributed by atoms with Gasteiger partial charge in [0.2, 0.25) is 5.91 Å². The van der Waals surface area contributed by atoms with Crippen LogP contribution in [0.1, 0.15) is 29.9 Å². The summed E-state index contributed by atoms with van der Waals surface area (Å²) >= 11 is 6.05. The lowest BCUT2D eigenvalue weighted by atomic mass is 10.0. The molecule has 2 aromatic rings. The molecule has 0 bridgehead atoms. The van der Waals surface area contributed by atoms with Crippen molar-refractivity contribution in [3.05, 3.63) is 58.5 Å². The molecule has 0 atom stereocenters. The Hall–Kier alpha value is -2.61. The minimum atomic E-state index is -4.51. The van der Waals surface area contributed by atoms with Gasteiger partial charge in [-0.25, -0.2) is 9.97 Å². The van der Waals surface area contributed by atoms with E-state index < -0.39 is 11.9 Å². The van der Waals surface area contributed by atoms with Crippen molar-refractivity contribution >= 4 is 29.4 Å². The summed E-state index contributed by atoms with van der Waals surface area (Å²) in [7, 11) is 0. The molecule has 9 heteroatoms. The van der Waals surface area contributed by atoms with Crippen molar-refractivity contribution in [1.82, 2.24) is 15.3 Å². The molecule has 3 rings (SSSR count). The Morgan fingerprint density at radius 1 is 1.24 bits per heavy atom. The van der Waals surface area contributed by atoms with Crippen molar-refractivity contribution in [1.29, 1.82) is 0 Å². The first kappa shape index (κ1) is 21.1. The second kappa shape index (κ2) is 8.82. The summed E-state index contributed by atoms with van der Waals surface area (Å²) in [6, 6.07) is 8.11. The van der Waals surface area contributed by atoms with E-state index in [0.29, 0.717) is 31.0 Å². The van der Waals surface area contributed by atoms with Gasteiger partial charge < -0.3 is 10.2 Å². The van der Waals surface area contributed by atoms with E-state index in [1.54, 1.807) is 17.0 Å². The number of aromatic nitrogens is 2. The van der Waals surface area contributed by atoms with Gasteiger partial charge in [-0.1, -0.05) is 29.8 Å². The molecule has 1 aromatic heterocycles. The summed E-state index contributed by atoms with van der Waals surface area (Å²) in [5, 5.41) is 3.48. The van der Waals surface area contributed by atoms with E-state index in [1.807, 2.05) is 18.2 Å². The van der Waals surface area contributed by atoms with Crippen LogP contribution in [0.3, 0.4) is 0 Å². The molecule has 0 saturated carbocycles. The van der Waals surface area contributed by atoms with Gasteiger partial charge in [-0.3, -0.25) is 4.79 Å². The zero-order valence-electron chi connectivity index (χ0n) is 15.7. The standard InChI is InChI=1S/C20H20ClF3N4O/c1-13-25-17(20(22,23)24)12-18(26-13)28-10-8-15(9-11-28)27-19(29)7-6-14-4-2-3-5-16(14)21/h2-7,12,15H,8-11H2,1H3,(H,27,29). The third kappa shape index (κ3) is 5.69. The molecule has 1 aliphatic rings. The maximum Gasteiger partial charge on any atom is 0.433 e. The Bertz CT molecular complexity index is 909. The molecule has 5 nitrogen and oxygen atoms in total. The lowest BCUT2D eigenvalue weighted by Crippen LogP contribution is -2.44. The van der Waals surface area contributed by atoms with E-state index in [4.69, 9.17) is 11.6 Å². The van der Waals surface area contributed by atoms with Crippen LogP contribution in [-0.2, 0) is 11.0 Å². The Morgan fingerprint density at radius 3 is 2.59 bits per heavy atom. The first-order valence-corrected chi connectivity index (χ1v) is 9.51. The number of hydrogen-bond acceptors (Lipinski definition) is 4. The highest BCUT2D eigenvalue weighted by Crippen LogP contribution is 2.30. The van der Waals surface area contributed by atoms with Gasteiger partial charge in [0.05, 0.1) is 0 Å². The molecule has 0 spiro atoms. The Balaban J connectivity index is 1.56. The normalized spacial score (nSPS) is 15.7. The van der Waals surface area contributed by atoms with Gasteiger partial charge in [-0.2, -0.15) is 13.2 Å². The van der Waals surface area contributed by atoms with Crippen molar-refractivity contribution in [2.45, 2.75) is 32.0 Å². The van der Waals surface area contributed by atoms with Gasteiger partial charge >= 0.3 is 6.18 Å². The quantitative estimate of drug-likeness (QED) is 0.745. The Morgan fingerprint density at radius 2 is 1.93 bits per heavy atom. The summed E-state index contributed by atoms with van der Waals surface area (Å²) in [4.78, 5) is 21.5. The van der Waals surface area contributed by atoms with Crippen LogP contribution in [0.4, 0.5) is 19.0 Å². The largest absolute Gasteiger partial charge is 0.433 e. The van der Waals surface area contributed by atoms with Crippen molar-refractivity contribution in [2.24, 2.45) is 0 Å². The number of aryl methyl sites for hydroxylation is 1. The van der Waals surface area contributed by atoms with Gasteiger partial charge in [-0.05, 0) is 37.5 Å². The molecular weight excluding hydrogens is 405 g/mol. The maximum absolute atomic E-state index is 13.0. The van der Waals surface area contributed by atoms with E-state index in [-0.39, 0.29) is 23.6 Å². The fourth-order valence-electron chi connectivity index (χ4n) is 3.14. The minimum Gasteiger partial charge on any atom is -0.356 e. The van der Waals surface area contributed by atoms with Gasteiger partial charge in [0.1, 0.15) is 17.3 Å². The first-order valence-electron chi connectivity index (χ1n) is 9.13. The van der Waals surface area contributed by atoms with Crippen molar-refractivity contribution in [3.63, 3.8) is 0 Å². The van der Waals surface area contributed by atoms with Crippen LogP contribution in [-0.4, -0.2) is 35.0 Å². The lowest BCUT2D eigenvalue weighted by Gasteiger charge is -2.33. The number of carbonyl (C=O) groups is 1. The lowest BCUT2D eigenvalue weighted by molar-refractivity contribution is -0.141. The molecule has 1 aliphatic heterocycles. The van der Waals surface area contributed by atoms with Crippen LogP contribution < -0.4 is 10.2 Å². The summed E-state index contributed by atoms with van der Waals surface area (Å²) in [5.41, 5.74) is -0.195. The van der Waals surface area contributed by atoms with E-state index in [2.05, 4.69) is 15.3 Å². The van der Waals surface area contributed by atoms with E-state index in [1.165, 1.54) is 13.0 Å². The number of anilines is 1. The highest BCUT2D eigenvalue weighted by molar-refractivity contribution is 6.32. The maximum atomic E-state index is 13.0. The number of halogens is 4. The number of benzene rings is 1. The number of amides is 1. The fourth-order valence-corrected chi connectivity index (χ4v) is 3.34. The number of carbonyl (C=O) groups excluding carboxylic acids is 1. The molecule has 1 saturated heterocycles. The predicted octanol–water partition coefficient (Wildman–Crippen LogP) is 4.26. The number of hydrogen-bond donors (Lipinski definition) is 1. The summed E-state index contributed by atoms with van der Waals surface area (Å²) in [5.74, 6) is 0.101. The Labute approximate surface area is 171 Å². The topological polar surface area (TPSA) is 58.1 Å². The van der Waals surface area contributed by atoms with Gasteiger partial charge in [0.15, 0.2) is 0 Å². The molecule has 1 N–H and O–H groups in total. The number of nitrogens with zero attached hydrogens (tertiary/aromatic N) is 3. The van der Waals surface area contributed by atoms with Gasteiger partial charge in [0, 0.05) is 36.3 Å². The van der Waals surface area contributed by atoms with Crippen LogP contribution in [0.15, 0.2) is 36.4 Å². The van der Waals surface area contributed by atoms with E-state index >= 15 is 0 Å². The smallest absolute Gasteiger partial charge is 0.356 e. The zero-order valence-corrected chi connectivity index (χ0v) is 16.5. The average Bonchev–Trinajstić information content (AvgIpc) is 2.67. The first-order chi connectivity index (χ1) is 13.7. The molecular formula is C20H20ClF3N4O. The number of rotatable bonds is 4. The number of alkyl halides is 3. The Kier molecular flexibility index (Phi) is 6.42.